The first-order valence-electron chi connectivity index (χ1n) is 7.96. The number of carbonyl (C=O) groups excluding carboxylic acids is 1. The molecule has 6 nitrogen and oxygen atoms in total. The van der Waals surface area contributed by atoms with Crippen LogP contribution in [0, 0.1) is 24.4 Å². The molecule has 0 radical (unpaired) electrons. The molecule has 3 aromatic rings. The monoisotopic (exact) mass is 395 g/mol. The third kappa shape index (κ3) is 3.57. The molecule has 27 heavy (non-hydrogen) atoms. The number of carbonyl (C=O) groups is 1. The van der Waals surface area contributed by atoms with Crippen LogP contribution >= 0.6 is 11.8 Å². The third-order valence-electron chi connectivity index (χ3n) is 3.99. The van der Waals surface area contributed by atoms with E-state index >= 15 is 0 Å². The first-order chi connectivity index (χ1) is 13.0. The SMILES string of the molecule is CSc1c(F)c(F)c(C)c(F)c1C(=O)NCCNc1ncnc2[nH]ccc12. The van der Waals surface area contributed by atoms with Gasteiger partial charge in [0.2, 0.25) is 0 Å². The minimum absolute atomic E-state index is 0.125. The Bertz CT molecular complexity index is 1010. The summed E-state index contributed by atoms with van der Waals surface area (Å²) in [5, 5.41) is 6.33. The Kier molecular flexibility index (Phi) is 5.54. The summed E-state index contributed by atoms with van der Waals surface area (Å²) in [6, 6.07) is 1.81. The second-order valence-corrected chi connectivity index (χ2v) is 6.44. The van der Waals surface area contributed by atoms with Gasteiger partial charge in [0.25, 0.3) is 5.91 Å². The molecule has 2 aromatic heterocycles. The predicted molar refractivity (Wildman–Crippen MR) is 97.5 cm³/mol. The van der Waals surface area contributed by atoms with Crippen LogP contribution in [-0.2, 0) is 0 Å². The molecule has 0 spiro atoms. The van der Waals surface area contributed by atoms with Crippen LogP contribution in [0.5, 0.6) is 0 Å². The average molecular weight is 395 g/mol. The third-order valence-corrected chi connectivity index (χ3v) is 4.78. The van der Waals surface area contributed by atoms with Gasteiger partial charge >= 0.3 is 0 Å². The van der Waals surface area contributed by atoms with Gasteiger partial charge in [0.1, 0.15) is 23.6 Å². The number of halogens is 3. The first kappa shape index (κ1) is 19.0. The number of thioether (sulfide) groups is 1. The van der Waals surface area contributed by atoms with Crippen LogP contribution in [0.3, 0.4) is 0 Å². The lowest BCUT2D eigenvalue weighted by Crippen LogP contribution is -2.30. The van der Waals surface area contributed by atoms with Crippen molar-refractivity contribution in [1.29, 1.82) is 0 Å². The number of anilines is 1. The number of aromatic nitrogens is 3. The molecule has 3 N–H and O–H groups in total. The summed E-state index contributed by atoms with van der Waals surface area (Å²) < 4.78 is 42.0. The van der Waals surface area contributed by atoms with E-state index in [-0.39, 0.29) is 11.4 Å². The molecular formula is C17H16F3N5OS. The van der Waals surface area contributed by atoms with Crippen molar-refractivity contribution < 1.29 is 18.0 Å². The Morgan fingerprint density at radius 1 is 1.19 bits per heavy atom. The molecule has 0 aliphatic rings. The predicted octanol–water partition coefficient (Wildman–Crippen LogP) is 3.25. The van der Waals surface area contributed by atoms with Crippen LogP contribution in [0.2, 0.25) is 0 Å². The second kappa shape index (κ2) is 7.87. The summed E-state index contributed by atoms with van der Waals surface area (Å²) in [5.74, 6) is -3.80. The van der Waals surface area contributed by atoms with Crippen LogP contribution in [0.25, 0.3) is 11.0 Å². The molecule has 10 heteroatoms. The fourth-order valence-electron chi connectivity index (χ4n) is 2.61. The van der Waals surface area contributed by atoms with Gasteiger partial charge in [-0.1, -0.05) is 0 Å². The topological polar surface area (TPSA) is 82.7 Å². The Labute approximate surface area is 157 Å². The van der Waals surface area contributed by atoms with Gasteiger partial charge in [0, 0.05) is 24.8 Å². The van der Waals surface area contributed by atoms with Crippen LogP contribution in [0.1, 0.15) is 15.9 Å². The Hall–Kier alpha value is -2.75. The molecule has 0 saturated carbocycles. The first-order valence-corrected chi connectivity index (χ1v) is 9.19. The van der Waals surface area contributed by atoms with E-state index in [9.17, 15) is 18.0 Å². The molecule has 0 aliphatic carbocycles. The maximum Gasteiger partial charge on any atom is 0.255 e. The summed E-state index contributed by atoms with van der Waals surface area (Å²) in [4.78, 5) is 23.1. The van der Waals surface area contributed by atoms with E-state index in [4.69, 9.17) is 0 Å². The highest BCUT2D eigenvalue weighted by atomic mass is 32.2. The second-order valence-electron chi connectivity index (χ2n) is 5.62. The van der Waals surface area contributed by atoms with E-state index in [1.54, 1.807) is 12.3 Å². The van der Waals surface area contributed by atoms with Crippen molar-refractivity contribution >= 4 is 34.5 Å². The lowest BCUT2D eigenvalue weighted by molar-refractivity contribution is 0.0946. The van der Waals surface area contributed by atoms with Crippen molar-refractivity contribution in [3.8, 4) is 0 Å². The Morgan fingerprint density at radius 3 is 2.70 bits per heavy atom. The van der Waals surface area contributed by atoms with E-state index in [0.717, 1.165) is 24.1 Å². The molecule has 0 atom stereocenters. The van der Waals surface area contributed by atoms with E-state index in [1.165, 1.54) is 12.6 Å². The number of nitrogens with zero attached hydrogens (tertiary/aromatic N) is 2. The molecular weight excluding hydrogens is 379 g/mol. The number of rotatable bonds is 6. The minimum atomic E-state index is -1.28. The number of hydrogen-bond acceptors (Lipinski definition) is 5. The molecule has 0 aliphatic heterocycles. The lowest BCUT2D eigenvalue weighted by atomic mass is 10.1. The molecule has 0 unspecified atom stereocenters. The molecule has 2 heterocycles. The number of hydrogen-bond donors (Lipinski definition) is 3. The minimum Gasteiger partial charge on any atom is -0.368 e. The molecule has 1 amide bonds. The smallest absolute Gasteiger partial charge is 0.255 e. The zero-order chi connectivity index (χ0) is 19.6. The molecule has 1 aromatic carbocycles. The number of benzene rings is 1. The van der Waals surface area contributed by atoms with Crippen molar-refractivity contribution in [2.45, 2.75) is 11.8 Å². The molecule has 0 bridgehead atoms. The Morgan fingerprint density at radius 2 is 1.96 bits per heavy atom. The number of H-pyrrole nitrogens is 1. The molecule has 3 rings (SSSR count). The van der Waals surface area contributed by atoms with Crippen LogP contribution in [0.15, 0.2) is 23.5 Å². The van der Waals surface area contributed by atoms with Gasteiger partial charge < -0.3 is 15.6 Å². The zero-order valence-corrected chi connectivity index (χ0v) is 15.3. The summed E-state index contributed by atoms with van der Waals surface area (Å²) >= 11 is 0.774. The quantitative estimate of drug-likeness (QED) is 0.339. The highest BCUT2D eigenvalue weighted by molar-refractivity contribution is 7.98. The van der Waals surface area contributed by atoms with E-state index in [1.807, 2.05) is 0 Å². The largest absolute Gasteiger partial charge is 0.368 e. The van der Waals surface area contributed by atoms with Crippen LogP contribution in [-0.4, -0.2) is 40.2 Å². The summed E-state index contributed by atoms with van der Waals surface area (Å²) in [6.45, 7) is 1.51. The highest BCUT2D eigenvalue weighted by Crippen LogP contribution is 2.31. The van der Waals surface area contributed by atoms with E-state index in [2.05, 4.69) is 25.6 Å². The maximum absolute atomic E-state index is 14.3. The van der Waals surface area contributed by atoms with Gasteiger partial charge in [-0.15, -0.1) is 11.8 Å². The van der Waals surface area contributed by atoms with Crippen molar-refractivity contribution in [2.75, 3.05) is 24.7 Å². The number of fused-ring (bicyclic) bond motifs is 1. The van der Waals surface area contributed by atoms with Gasteiger partial charge in [-0.3, -0.25) is 4.79 Å². The van der Waals surface area contributed by atoms with Gasteiger partial charge in [-0.05, 0) is 19.2 Å². The van der Waals surface area contributed by atoms with E-state index in [0.29, 0.717) is 18.0 Å². The highest BCUT2D eigenvalue weighted by Gasteiger charge is 2.26. The summed E-state index contributed by atoms with van der Waals surface area (Å²) in [5.41, 5.74) is -0.348. The summed E-state index contributed by atoms with van der Waals surface area (Å²) in [7, 11) is 0. The number of amides is 1. The fraction of sp³-hybridized carbons (Fsp3) is 0.235. The zero-order valence-electron chi connectivity index (χ0n) is 14.5. The van der Waals surface area contributed by atoms with Crippen molar-refractivity contribution in [2.24, 2.45) is 0 Å². The van der Waals surface area contributed by atoms with Crippen molar-refractivity contribution in [1.82, 2.24) is 20.3 Å². The molecule has 0 fully saturated rings. The van der Waals surface area contributed by atoms with Crippen molar-refractivity contribution in [3.63, 3.8) is 0 Å². The maximum atomic E-state index is 14.3. The van der Waals surface area contributed by atoms with Gasteiger partial charge in [0.05, 0.1) is 15.8 Å². The fourth-order valence-corrected chi connectivity index (χ4v) is 3.27. The number of nitrogens with one attached hydrogen (secondary N) is 3. The standard InChI is InChI=1S/C17H16F3N5OS/c1-8-11(18)10(14(27-2)13(20)12(8)19)17(26)23-6-5-22-16-9-3-4-21-15(9)24-7-25-16/h3-4,7H,5-6H2,1-2H3,(H,23,26)(H2,21,22,24,25). The number of aromatic amines is 1. The molecule has 142 valence electrons. The van der Waals surface area contributed by atoms with Crippen LogP contribution < -0.4 is 10.6 Å². The van der Waals surface area contributed by atoms with Gasteiger partial charge in [0.15, 0.2) is 11.6 Å². The average Bonchev–Trinajstić information content (AvgIpc) is 3.15. The van der Waals surface area contributed by atoms with E-state index < -0.39 is 34.5 Å². The van der Waals surface area contributed by atoms with Crippen molar-refractivity contribution in [3.05, 3.63) is 47.2 Å². The molecule has 0 saturated heterocycles. The van der Waals surface area contributed by atoms with Gasteiger partial charge in [-0.25, -0.2) is 23.1 Å². The normalized spacial score (nSPS) is 11.0. The van der Waals surface area contributed by atoms with Gasteiger partial charge in [-0.2, -0.15) is 0 Å². The lowest BCUT2D eigenvalue weighted by Gasteiger charge is -2.14. The van der Waals surface area contributed by atoms with Crippen LogP contribution in [0.4, 0.5) is 19.0 Å². The summed E-state index contributed by atoms with van der Waals surface area (Å²) in [6.07, 6.45) is 4.57. The Balaban J connectivity index is 1.69.